The summed E-state index contributed by atoms with van der Waals surface area (Å²) in [6.07, 6.45) is 0. The number of carbonyl (C=O) groups excluding carboxylic acids is 6. The molecule has 3 aromatic rings. The first-order valence-corrected chi connectivity index (χ1v) is 16.9. The summed E-state index contributed by atoms with van der Waals surface area (Å²) in [6, 6.07) is 5.20. The van der Waals surface area contributed by atoms with Crippen LogP contribution >= 0.6 is 0 Å². The third-order valence-corrected chi connectivity index (χ3v) is 8.59. The molecule has 24 heteroatoms. The first-order valence-electron chi connectivity index (χ1n) is 14.0. The van der Waals surface area contributed by atoms with Gasteiger partial charge in [-0.3, -0.25) is 43.7 Å². The topological polar surface area (TPSA) is 338 Å². The van der Waals surface area contributed by atoms with Crippen LogP contribution in [-0.4, -0.2) is 78.7 Å². The van der Waals surface area contributed by atoms with Crippen molar-refractivity contribution in [2.24, 2.45) is 20.5 Å². The summed E-state index contributed by atoms with van der Waals surface area (Å²) in [4.78, 5) is 75.3. The van der Waals surface area contributed by atoms with Gasteiger partial charge in [0.05, 0.1) is 11.4 Å². The number of carbonyl (C=O) groups is 6. The highest BCUT2D eigenvalue weighted by molar-refractivity contribution is 7.86. The maximum absolute atomic E-state index is 12.9. The number of amides is 6. The van der Waals surface area contributed by atoms with E-state index in [1.54, 1.807) is 0 Å². The molecule has 1 saturated heterocycles. The Bertz CT molecular complexity index is 2270. The van der Waals surface area contributed by atoms with Gasteiger partial charge in [0.2, 0.25) is 12.1 Å². The van der Waals surface area contributed by atoms with E-state index in [2.05, 4.69) is 36.0 Å². The molecule has 272 valence electrons. The largest absolute Gasteiger partial charge is 0.338 e. The van der Waals surface area contributed by atoms with Gasteiger partial charge in [0, 0.05) is 17.3 Å². The summed E-state index contributed by atoms with van der Waals surface area (Å²) >= 11 is 0. The Kier molecular flexibility index (Phi) is 11.3. The fourth-order valence-corrected chi connectivity index (χ4v) is 5.63. The smallest absolute Gasteiger partial charge is 0.328 e. The number of barbiturate groups is 1. The number of urea groups is 1. The lowest BCUT2D eigenvalue weighted by Crippen LogP contribution is -2.57. The zero-order chi connectivity index (χ0) is 38.5. The first-order chi connectivity index (χ1) is 24.3. The summed E-state index contributed by atoms with van der Waals surface area (Å²) in [5, 5.41) is 32.0. The van der Waals surface area contributed by atoms with Gasteiger partial charge in [0.15, 0.2) is 11.5 Å². The molecular weight excluding hydrogens is 736 g/mol. The van der Waals surface area contributed by atoms with Crippen molar-refractivity contribution in [1.29, 1.82) is 0 Å². The van der Waals surface area contributed by atoms with Crippen molar-refractivity contribution in [3.63, 3.8) is 0 Å². The van der Waals surface area contributed by atoms with Gasteiger partial charge in [-0.2, -0.15) is 37.3 Å². The molecule has 3 aromatic carbocycles. The number of anilines is 2. The standard InChI is InChI=1S/C28H24N8O14S2/c1-12-9-18(19(50-43)11-20(12)51(44,45)46)30-25(39)22(13(2)37)35-34-17-8-7-16(10-21(17)52(47,48)49)29-24(38)14-3-5-15(6-4-14)33-36-23-26(40)31-28(42)32-27(23)41/h3-11,22-23,43H,1-2H3,(H,29,38)(H,30,39)(H,44,45,46)(H,47,48,49)(H2,31,32,40,41,42). The van der Waals surface area contributed by atoms with Crippen molar-refractivity contribution in [2.75, 3.05) is 10.6 Å². The van der Waals surface area contributed by atoms with Gasteiger partial charge in [-0.1, -0.05) is 0 Å². The number of azo groups is 2. The maximum atomic E-state index is 12.9. The molecule has 1 unspecified atom stereocenters. The van der Waals surface area contributed by atoms with Crippen molar-refractivity contribution in [3.8, 4) is 5.75 Å². The summed E-state index contributed by atoms with van der Waals surface area (Å²) in [5.74, 6) is -5.49. The number of hydrogen-bond acceptors (Lipinski definition) is 16. The number of aryl methyl sites for hydroxylation is 1. The van der Waals surface area contributed by atoms with E-state index in [1.807, 2.05) is 10.6 Å². The summed E-state index contributed by atoms with van der Waals surface area (Å²) in [6.45, 7) is 2.18. The number of benzene rings is 3. The molecule has 7 N–H and O–H groups in total. The van der Waals surface area contributed by atoms with Crippen LogP contribution < -0.4 is 26.2 Å². The zero-order valence-corrected chi connectivity index (χ0v) is 27.9. The fourth-order valence-electron chi connectivity index (χ4n) is 4.26. The summed E-state index contributed by atoms with van der Waals surface area (Å²) in [7, 11) is -9.81. The average Bonchev–Trinajstić information content (AvgIpc) is 3.04. The molecule has 0 radical (unpaired) electrons. The van der Waals surface area contributed by atoms with E-state index in [4.69, 9.17) is 0 Å². The minimum Gasteiger partial charge on any atom is -0.338 e. The van der Waals surface area contributed by atoms with Crippen molar-refractivity contribution >= 4 is 78.4 Å². The van der Waals surface area contributed by atoms with Crippen molar-refractivity contribution in [1.82, 2.24) is 10.6 Å². The summed E-state index contributed by atoms with van der Waals surface area (Å²) in [5.41, 5.74) is -1.04. The van der Waals surface area contributed by atoms with Crippen LogP contribution in [0.5, 0.6) is 5.75 Å². The van der Waals surface area contributed by atoms with E-state index in [-0.39, 0.29) is 28.2 Å². The Morgan fingerprint density at radius 3 is 2.02 bits per heavy atom. The average molecular weight is 761 g/mol. The number of ketones is 1. The second kappa shape index (κ2) is 15.3. The summed E-state index contributed by atoms with van der Waals surface area (Å²) < 4.78 is 66.7. The Labute approximate surface area is 291 Å². The molecule has 22 nitrogen and oxygen atoms in total. The molecule has 4 rings (SSSR count). The second-order valence-corrected chi connectivity index (χ2v) is 13.3. The van der Waals surface area contributed by atoms with E-state index >= 15 is 0 Å². The SMILES string of the molecule is CC(=O)C(N=Nc1ccc(NC(=O)c2ccc(N=NC3C(=O)NC(=O)NC3=O)cc2)cc1S(=O)(=O)O)C(=O)Nc1cc(C)c(S(=O)(=O)O)cc1OO. The third kappa shape index (κ3) is 9.25. The number of nitrogens with zero attached hydrogens (tertiary/aromatic N) is 4. The van der Waals surface area contributed by atoms with Crippen LogP contribution in [0.2, 0.25) is 0 Å². The minimum atomic E-state index is -5.06. The highest BCUT2D eigenvalue weighted by Crippen LogP contribution is 2.32. The zero-order valence-electron chi connectivity index (χ0n) is 26.3. The molecule has 6 amide bonds. The Morgan fingerprint density at radius 1 is 0.846 bits per heavy atom. The van der Waals surface area contributed by atoms with Crippen LogP contribution in [0.4, 0.5) is 27.5 Å². The number of rotatable bonds is 12. The molecule has 0 aliphatic carbocycles. The van der Waals surface area contributed by atoms with E-state index < -0.39 is 89.0 Å². The van der Waals surface area contributed by atoms with E-state index in [0.29, 0.717) is 6.07 Å². The molecular formula is C28H24N8O14S2. The van der Waals surface area contributed by atoms with Gasteiger partial charge in [0.25, 0.3) is 43.9 Å². The Morgan fingerprint density at radius 2 is 1.46 bits per heavy atom. The second-order valence-electron chi connectivity index (χ2n) is 10.5. The first kappa shape index (κ1) is 38.5. The van der Waals surface area contributed by atoms with Crippen LogP contribution in [0.15, 0.2) is 84.8 Å². The third-order valence-electron chi connectivity index (χ3n) is 6.71. The van der Waals surface area contributed by atoms with Crippen molar-refractivity contribution in [2.45, 2.75) is 35.7 Å². The van der Waals surface area contributed by atoms with Crippen LogP contribution in [0.3, 0.4) is 0 Å². The molecule has 0 bridgehead atoms. The van der Waals surface area contributed by atoms with E-state index in [1.165, 1.54) is 31.2 Å². The monoisotopic (exact) mass is 760 g/mol. The Hall–Kier alpha value is -6.34. The number of imide groups is 2. The highest BCUT2D eigenvalue weighted by atomic mass is 32.2. The lowest BCUT2D eigenvalue weighted by atomic mass is 10.1. The highest BCUT2D eigenvalue weighted by Gasteiger charge is 2.34. The maximum Gasteiger partial charge on any atom is 0.328 e. The van der Waals surface area contributed by atoms with Crippen LogP contribution in [0.1, 0.15) is 22.8 Å². The number of nitrogens with one attached hydrogen (secondary N) is 4. The lowest BCUT2D eigenvalue weighted by Gasteiger charge is -2.16. The van der Waals surface area contributed by atoms with Crippen molar-refractivity contribution < 1.29 is 64.9 Å². The Balaban J connectivity index is 1.51. The molecule has 52 heavy (non-hydrogen) atoms. The van der Waals surface area contributed by atoms with Gasteiger partial charge < -0.3 is 15.5 Å². The quantitative estimate of drug-likeness (QED) is 0.0457. The van der Waals surface area contributed by atoms with Gasteiger partial charge >= 0.3 is 6.03 Å². The predicted molar refractivity (Wildman–Crippen MR) is 173 cm³/mol. The van der Waals surface area contributed by atoms with Crippen LogP contribution in [0, 0.1) is 6.92 Å². The van der Waals surface area contributed by atoms with Crippen LogP contribution in [-0.2, 0) is 39.4 Å². The lowest BCUT2D eigenvalue weighted by molar-refractivity contribution is -0.137. The minimum absolute atomic E-state index is 0.0164. The molecule has 0 spiro atoms. The normalized spacial score (nSPS) is 14.5. The van der Waals surface area contributed by atoms with Crippen molar-refractivity contribution in [3.05, 3.63) is 65.7 Å². The van der Waals surface area contributed by atoms with Crippen LogP contribution in [0.25, 0.3) is 0 Å². The van der Waals surface area contributed by atoms with Gasteiger partial charge in [0.1, 0.15) is 15.5 Å². The molecule has 0 aromatic heterocycles. The van der Waals surface area contributed by atoms with E-state index in [9.17, 15) is 60.0 Å². The number of Topliss-reactive ketones (excluding diaryl/α,β-unsaturated/α-hetero) is 1. The van der Waals surface area contributed by atoms with Gasteiger partial charge in [-0.25, -0.2) is 10.1 Å². The molecule has 1 atom stereocenters. The van der Waals surface area contributed by atoms with Gasteiger partial charge in [-0.15, -0.1) is 0 Å². The van der Waals surface area contributed by atoms with E-state index in [0.717, 1.165) is 31.2 Å². The predicted octanol–water partition coefficient (Wildman–Crippen LogP) is 2.09. The molecule has 1 fully saturated rings. The number of hydrogen-bond donors (Lipinski definition) is 7. The fraction of sp³-hybridized carbons (Fsp3) is 0.143. The molecule has 1 aliphatic heterocycles. The van der Waals surface area contributed by atoms with Gasteiger partial charge in [-0.05, 0) is 67.9 Å². The molecule has 0 saturated carbocycles. The molecule has 1 aliphatic rings. The molecule has 1 heterocycles.